The number of nitrogens with zero attached hydrogens (tertiary/aromatic N) is 1. The zero-order valence-corrected chi connectivity index (χ0v) is 19.7. The molecule has 1 fully saturated rings. The van der Waals surface area contributed by atoms with Gasteiger partial charge in [0.05, 0.1) is 21.6 Å². The second-order valence-corrected chi connectivity index (χ2v) is 9.29. The minimum absolute atomic E-state index is 0.100. The van der Waals surface area contributed by atoms with E-state index in [0.29, 0.717) is 22.1 Å². The van der Waals surface area contributed by atoms with Crippen molar-refractivity contribution in [3.8, 4) is 11.4 Å². The summed E-state index contributed by atoms with van der Waals surface area (Å²) in [6.45, 7) is 0. The zero-order chi connectivity index (χ0) is 23.7. The van der Waals surface area contributed by atoms with Crippen molar-refractivity contribution in [2.45, 2.75) is 25.7 Å². The lowest BCUT2D eigenvalue weighted by molar-refractivity contribution is -0.119. The number of nitrogens with one attached hydrogen (secondary N) is 3. The van der Waals surface area contributed by atoms with Gasteiger partial charge in [-0.15, -0.1) is 0 Å². The van der Waals surface area contributed by atoms with Gasteiger partial charge in [0.15, 0.2) is 0 Å². The summed E-state index contributed by atoms with van der Waals surface area (Å²) in [7, 11) is 0. The summed E-state index contributed by atoms with van der Waals surface area (Å²) in [6.07, 6.45) is 4.20. The molecule has 8 heteroatoms. The molecule has 5 rings (SSSR count). The largest absolute Gasteiger partial charge is 0.338 e. The van der Waals surface area contributed by atoms with Gasteiger partial charge >= 0.3 is 0 Å². The molecule has 0 bridgehead atoms. The number of H-pyrrole nitrogens is 1. The third-order valence-electron chi connectivity index (χ3n) is 6.07. The second kappa shape index (κ2) is 9.49. The van der Waals surface area contributed by atoms with Gasteiger partial charge in [-0.25, -0.2) is 4.98 Å². The number of fused-ring (bicyclic) bond motifs is 1. The highest BCUT2D eigenvalue weighted by atomic mass is 35.5. The van der Waals surface area contributed by atoms with Gasteiger partial charge in [-0.3, -0.25) is 9.59 Å². The molecule has 0 radical (unpaired) electrons. The highest BCUT2D eigenvalue weighted by Crippen LogP contribution is 2.28. The van der Waals surface area contributed by atoms with Crippen molar-refractivity contribution in [3.63, 3.8) is 0 Å². The average molecular weight is 493 g/mol. The molecular formula is C26H22Cl2N4O2. The predicted molar refractivity (Wildman–Crippen MR) is 137 cm³/mol. The molecule has 2 amide bonds. The number of carbonyl (C=O) groups excluding carboxylic acids is 2. The van der Waals surface area contributed by atoms with Gasteiger partial charge in [-0.2, -0.15) is 0 Å². The van der Waals surface area contributed by atoms with Crippen LogP contribution in [0.1, 0.15) is 36.0 Å². The molecule has 0 spiro atoms. The summed E-state index contributed by atoms with van der Waals surface area (Å²) in [5.74, 6) is 0.604. The molecule has 34 heavy (non-hydrogen) atoms. The number of halogens is 2. The Bertz CT molecular complexity index is 1380. The minimum atomic E-state index is -0.323. The smallest absolute Gasteiger partial charge is 0.257 e. The van der Waals surface area contributed by atoms with Crippen LogP contribution in [0.5, 0.6) is 0 Å². The van der Waals surface area contributed by atoms with E-state index in [9.17, 15) is 9.59 Å². The van der Waals surface area contributed by atoms with E-state index >= 15 is 0 Å². The Morgan fingerprint density at radius 1 is 0.882 bits per heavy atom. The number of benzene rings is 3. The molecule has 1 aromatic heterocycles. The van der Waals surface area contributed by atoms with Gasteiger partial charge in [0, 0.05) is 27.9 Å². The molecule has 0 saturated heterocycles. The van der Waals surface area contributed by atoms with Crippen LogP contribution in [0.15, 0.2) is 60.7 Å². The van der Waals surface area contributed by atoms with E-state index in [0.717, 1.165) is 48.0 Å². The fourth-order valence-corrected chi connectivity index (χ4v) is 4.73. The number of hydrogen-bond donors (Lipinski definition) is 3. The van der Waals surface area contributed by atoms with Gasteiger partial charge in [0.25, 0.3) is 5.91 Å². The Hall–Kier alpha value is -3.35. The number of amides is 2. The summed E-state index contributed by atoms with van der Waals surface area (Å²) in [4.78, 5) is 32.9. The first-order valence-electron chi connectivity index (χ1n) is 11.1. The van der Waals surface area contributed by atoms with E-state index in [4.69, 9.17) is 23.2 Å². The molecular weight excluding hydrogens is 471 g/mol. The molecule has 1 aliphatic carbocycles. The Kier molecular flexibility index (Phi) is 6.26. The predicted octanol–water partition coefficient (Wildman–Crippen LogP) is 6.92. The molecule has 1 saturated carbocycles. The Morgan fingerprint density at radius 2 is 1.62 bits per heavy atom. The number of hydrogen-bond acceptors (Lipinski definition) is 3. The molecule has 6 nitrogen and oxygen atoms in total. The van der Waals surface area contributed by atoms with Gasteiger partial charge in [-0.1, -0.05) is 36.0 Å². The van der Waals surface area contributed by atoms with Gasteiger partial charge < -0.3 is 15.6 Å². The first-order chi connectivity index (χ1) is 16.5. The second-order valence-electron chi connectivity index (χ2n) is 8.44. The molecule has 172 valence electrons. The summed E-state index contributed by atoms with van der Waals surface area (Å²) >= 11 is 12.1. The molecule has 1 heterocycles. The monoisotopic (exact) mass is 492 g/mol. The SMILES string of the molecule is O=C(Nc1ccc2nc(-c3ccc(NC(=O)C4CCCC4)cc3)[nH]c2c1)c1ccc(Cl)cc1Cl. The summed E-state index contributed by atoms with van der Waals surface area (Å²) in [5.41, 5.74) is 4.20. The molecule has 1 aliphatic rings. The van der Waals surface area contributed by atoms with E-state index in [2.05, 4.69) is 20.6 Å². The van der Waals surface area contributed by atoms with Crippen LogP contribution in [0.2, 0.25) is 10.0 Å². The van der Waals surface area contributed by atoms with Gasteiger partial charge in [0.1, 0.15) is 5.82 Å². The van der Waals surface area contributed by atoms with E-state index in [-0.39, 0.29) is 22.8 Å². The maximum Gasteiger partial charge on any atom is 0.257 e. The molecule has 3 N–H and O–H groups in total. The zero-order valence-electron chi connectivity index (χ0n) is 18.2. The molecule has 0 atom stereocenters. The first-order valence-corrected chi connectivity index (χ1v) is 11.9. The van der Waals surface area contributed by atoms with Crippen molar-refractivity contribution >= 4 is 57.4 Å². The number of rotatable bonds is 5. The van der Waals surface area contributed by atoms with Crippen LogP contribution in [0.3, 0.4) is 0 Å². The van der Waals surface area contributed by atoms with Crippen LogP contribution >= 0.6 is 23.2 Å². The van der Waals surface area contributed by atoms with Crippen molar-refractivity contribution in [3.05, 3.63) is 76.3 Å². The van der Waals surface area contributed by atoms with Gasteiger partial charge in [0.2, 0.25) is 5.91 Å². The van der Waals surface area contributed by atoms with Crippen molar-refractivity contribution in [1.29, 1.82) is 0 Å². The minimum Gasteiger partial charge on any atom is -0.338 e. The number of aromatic nitrogens is 2. The Morgan fingerprint density at radius 3 is 2.35 bits per heavy atom. The highest BCUT2D eigenvalue weighted by molar-refractivity contribution is 6.37. The lowest BCUT2D eigenvalue weighted by Crippen LogP contribution is -2.20. The fourth-order valence-electron chi connectivity index (χ4n) is 4.24. The lowest BCUT2D eigenvalue weighted by atomic mass is 10.1. The topological polar surface area (TPSA) is 86.9 Å². The molecule has 3 aromatic carbocycles. The normalized spacial score (nSPS) is 13.8. The summed E-state index contributed by atoms with van der Waals surface area (Å²) in [5, 5.41) is 6.62. The third kappa shape index (κ3) is 4.79. The quantitative estimate of drug-likeness (QED) is 0.282. The number of aromatic amines is 1. The Balaban J connectivity index is 1.30. The lowest BCUT2D eigenvalue weighted by Gasteiger charge is -2.10. The Labute approximate surface area is 206 Å². The van der Waals surface area contributed by atoms with Crippen LogP contribution < -0.4 is 10.6 Å². The van der Waals surface area contributed by atoms with Gasteiger partial charge in [-0.05, 0) is 73.5 Å². The standard InChI is InChI=1S/C26H22Cl2N4O2/c27-17-7-11-20(21(28)13-17)26(34)30-19-10-12-22-23(14-19)32-24(31-22)15-5-8-18(9-6-15)29-25(33)16-3-1-2-4-16/h5-14,16H,1-4H2,(H,29,33)(H,30,34)(H,31,32). The average Bonchev–Trinajstić information content (AvgIpc) is 3.49. The number of imidazole rings is 1. The first kappa shape index (κ1) is 22.4. The van der Waals surface area contributed by atoms with Crippen LogP contribution in [-0.2, 0) is 4.79 Å². The van der Waals surface area contributed by atoms with Crippen LogP contribution in [0.25, 0.3) is 22.4 Å². The van der Waals surface area contributed by atoms with Crippen LogP contribution in [0.4, 0.5) is 11.4 Å². The fraction of sp³-hybridized carbons (Fsp3) is 0.192. The van der Waals surface area contributed by atoms with Crippen LogP contribution in [-0.4, -0.2) is 21.8 Å². The van der Waals surface area contributed by atoms with E-state index in [1.165, 1.54) is 6.07 Å². The molecule has 0 aliphatic heterocycles. The maximum atomic E-state index is 12.6. The number of carbonyl (C=O) groups is 2. The molecule has 0 unspecified atom stereocenters. The molecule has 4 aromatic rings. The summed E-state index contributed by atoms with van der Waals surface area (Å²) in [6, 6.07) is 17.8. The van der Waals surface area contributed by atoms with Crippen molar-refractivity contribution in [2.75, 3.05) is 10.6 Å². The summed E-state index contributed by atoms with van der Waals surface area (Å²) < 4.78 is 0. The van der Waals surface area contributed by atoms with Crippen molar-refractivity contribution < 1.29 is 9.59 Å². The van der Waals surface area contributed by atoms with Crippen molar-refractivity contribution in [2.24, 2.45) is 5.92 Å². The van der Waals surface area contributed by atoms with Crippen LogP contribution in [0, 0.1) is 5.92 Å². The highest BCUT2D eigenvalue weighted by Gasteiger charge is 2.22. The number of anilines is 2. The van der Waals surface area contributed by atoms with Crippen molar-refractivity contribution in [1.82, 2.24) is 9.97 Å². The van der Waals surface area contributed by atoms with E-state index in [1.54, 1.807) is 18.2 Å². The maximum absolute atomic E-state index is 12.6. The van der Waals surface area contributed by atoms with E-state index in [1.807, 2.05) is 36.4 Å². The van der Waals surface area contributed by atoms with E-state index < -0.39 is 0 Å². The third-order valence-corrected chi connectivity index (χ3v) is 6.62.